The molecule has 1 unspecified atom stereocenters. The van der Waals surface area contributed by atoms with E-state index in [1.165, 1.54) is 36.8 Å². The Morgan fingerprint density at radius 1 is 1.04 bits per heavy atom. The number of hydrogen-bond donors (Lipinski definition) is 0. The maximum absolute atomic E-state index is 6.13. The Morgan fingerprint density at radius 3 is 2.63 bits per heavy atom. The van der Waals surface area contributed by atoms with Crippen molar-refractivity contribution in [2.24, 2.45) is 0 Å². The molecule has 1 saturated heterocycles. The highest BCUT2D eigenvalue weighted by molar-refractivity contribution is 5.41. The summed E-state index contributed by atoms with van der Waals surface area (Å²) in [6, 6.07) is 12.1. The summed E-state index contributed by atoms with van der Waals surface area (Å²) in [5.41, 5.74) is 2.86. The van der Waals surface area contributed by atoms with Crippen LogP contribution in [-0.4, -0.2) is 53.2 Å². The molecular formula is C22H28N4O. The zero-order valence-electron chi connectivity index (χ0n) is 15.8. The molecule has 2 fully saturated rings. The van der Waals surface area contributed by atoms with Gasteiger partial charge in [-0.3, -0.25) is 0 Å². The van der Waals surface area contributed by atoms with Gasteiger partial charge in [0.15, 0.2) is 0 Å². The van der Waals surface area contributed by atoms with Crippen LogP contribution in [0.4, 0.5) is 5.82 Å². The number of anilines is 1. The second kappa shape index (κ2) is 7.56. The summed E-state index contributed by atoms with van der Waals surface area (Å²) in [6.45, 7) is 4.14. The third-order valence-electron chi connectivity index (χ3n) is 6.24. The minimum Gasteiger partial charge on any atom is -0.372 e. The molecule has 5 rings (SSSR count). The molecule has 0 spiro atoms. The van der Waals surface area contributed by atoms with E-state index in [9.17, 15) is 0 Å². The highest BCUT2D eigenvalue weighted by Crippen LogP contribution is 2.35. The highest BCUT2D eigenvalue weighted by Gasteiger charge is 2.36. The summed E-state index contributed by atoms with van der Waals surface area (Å²) >= 11 is 0. The Kier molecular flexibility index (Phi) is 4.80. The first kappa shape index (κ1) is 17.1. The molecule has 5 nitrogen and oxygen atoms in total. The average Bonchev–Trinajstić information content (AvgIpc) is 3.56. The van der Waals surface area contributed by atoms with E-state index in [4.69, 9.17) is 4.74 Å². The smallest absolute Gasteiger partial charge is 0.132 e. The number of fused-ring (bicyclic) bond motifs is 1. The lowest BCUT2D eigenvalue weighted by molar-refractivity contribution is 0.0108. The van der Waals surface area contributed by atoms with Gasteiger partial charge in [-0.25, -0.2) is 9.97 Å². The molecule has 1 atom stereocenters. The van der Waals surface area contributed by atoms with E-state index in [1.807, 2.05) is 6.20 Å². The van der Waals surface area contributed by atoms with Crippen LogP contribution in [0.1, 0.15) is 42.9 Å². The SMILES string of the molecule is c1ccc2c(c1)CCOC2CN1CCC(N(c2ccncn2)C2CC2)CC1. The van der Waals surface area contributed by atoms with E-state index in [0.29, 0.717) is 12.1 Å². The van der Waals surface area contributed by atoms with Crippen molar-refractivity contribution in [1.82, 2.24) is 14.9 Å². The number of rotatable bonds is 5. The average molecular weight is 364 g/mol. The first-order chi connectivity index (χ1) is 13.4. The van der Waals surface area contributed by atoms with Crippen molar-refractivity contribution in [3.05, 3.63) is 54.0 Å². The van der Waals surface area contributed by atoms with E-state index in [0.717, 1.165) is 38.5 Å². The van der Waals surface area contributed by atoms with Crippen molar-refractivity contribution in [2.45, 2.75) is 50.3 Å². The number of hydrogen-bond acceptors (Lipinski definition) is 5. The predicted octanol–water partition coefficient (Wildman–Crippen LogP) is 3.22. The molecule has 3 heterocycles. The van der Waals surface area contributed by atoms with Crippen LogP contribution < -0.4 is 4.90 Å². The molecule has 1 saturated carbocycles. The number of ether oxygens (including phenoxy) is 1. The Hall–Kier alpha value is -1.98. The summed E-state index contributed by atoms with van der Waals surface area (Å²) in [4.78, 5) is 13.8. The molecular weight excluding hydrogens is 336 g/mol. The first-order valence-electron chi connectivity index (χ1n) is 10.3. The summed E-state index contributed by atoms with van der Waals surface area (Å²) in [5.74, 6) is 1.11. The van der Waals surface area contributed by atoms with Crippen molar-refractivity contribution in [1.29, 1.82) is 0 Å². The number of aromatic nitrogens is 2. The molecule has 3 aliphatic rings. The molecule has 142 valence electrons. The molecule has 5 heteroatoms. The third-order valence-corrected chi connectivity index (χ3v) is 6.24. The van der Waals surface area contributed by atoms with Crippen LogP contribution in [0.2, 0.25) is 0 Å². The van der Waals surface area contributed by atoms with E-state index in [2.05, 4.69) is 50.1 Å². The van der Waals surface area contributed by atoms with Gasteiger partial charge in [0.2, 0.25) is 0 Å². The van der Waals surface area contributed by atoms with Crippen LogP contribution in [0.5, 0.6) is 0 Å². The molecule has 1 aromatic heterocycles. The van der Waals surface area contributed by atoms with Crippen molar-refractivity contribution in [3.8, 4) is 0 Å². The van der Waals surface area contributed by atoms with Gasteiger partial charge in [-0.15, -0.1) is 0 Å². The molecule has 0 amide bonds. The normalized spacial score (nSPS) is 23.8. The van der Waals surface area contributed by atoms with Gasteiger partial charge in [-0.2, -0.15) is 0 Å². The van der Waals surface area contributed by atoms with Gasteiger partial charge in [0.05, 0.1) is 12.7 Å². The molecule has 2 aromatic rings. The fourth-order valence-electron chi connectivity index (χ4n) is 4.70. The predicted molar refractivity (Wildman–Crippen MR) is 106 cm³/mol. The Balaban J connectivity index is 1.22. The van der Waals surface area contributed by atoms with Gasteiger partial charge in [0, 0.05) is 37.9 Å². The van der Waals surface area contributed by atoms with Crippen molar-refractivity contribution < 1.29 is 4.74 Å². The van der Waals surface area contributed by atoms with Crippen molar-refractivity contribution >= 4 is 5.82 Å². The monoisotopic (exact) mass is 364 g/mol. The second-order valence-electron chi connectivity index (χ2n) is 8.05. The van der Waals surface area contributed by atoms with E-state index >= 15 is 0 Å². The quantitative estimate of drug-likeness (QED) is 0.815. The van der Waals surface area contributed by atoms with Crippen LogP contribution in [-0.2, 0) is 11.2 Å². The van der Waals surface area contributed by atoms with Crippen molar-refractivity contribution in [2.75, 3.05) is 31.1 Å². The zero-order valence-corrected chi connectivity index (χ0v) is 15.8. The summed E-state index contributed by atoms with van der Waals surface area (Å²) in [6.07, 6.45) is 9.83. The van der Waals surface area contributed by atoms with E-state index in [-0.39, 0.29) is 6.10 Å². The Bertz CT molecular complexity index is 756. The fraction of sp³-hybridized carbons (Fsp3) is 0.545. The van der Waals surface area contributed by atoms with E-state index in [1.54, 1.807) is 6.33 Å². The van der Waals surface area contributed by atoms with Crippen LogP contribution in [0.25, 0.3) is 0 Å². The van der Waals surface area contributed by atoms with Crippen LogP contribution in [0, 0.1) is 0 Å². The molecule has 0 radical (unpaired) electrons. The first-order valence-corrected chi connectivity index (χ1v) is 10.3. The lowest BCUT2D eigenvalue weighted by atomic mass is 9.96. The van der Waals surface area contributed by atoms with Crippen LogP contribution in [0.3, 0.4) is 0 Å². The molecule has 2 aliphatic heterocycles. The zero-order chi connectivity index (χ0) is 18.1. The fourth-order valence-corrected chi connectivity index (χ4v) is 4.70. The Labute approximate surface area is 161 Å². The summed E-state index contributed by atoms with van der Waals surface area (Å²) in [5, 5.41) is 0. The van der Waals surface area contributed by atoms with Gasteiger partial charge in [0.1, 0.15) is 12.1 Å². The van der Waals surface area contributed by atoms with Crippen molar-refractivity contribution in [3.63, 3.8) is 0 Å². The van der Waals surface area contributed by atoms with Gasteiger partial charge in [-0.1, -0.05) is 24.3 Å². The molecule has 1 aliphatic carbocycles. The van der Waals surface area contributed by atoms with Crippen LogP contribution in [0.15, 0.2) is 42.9 Å². The molecule has 27 heavy (non-hydrogen) atoms. The van der Waals surface area contributed by atoms with Gasteiger partial charge < -0.3 is 14.5 Å². The molecule has 1 aromatic carbocycles. The molecule has 0 bridgehead atoms. The maximum Gasteiger partial charge on any atom is 0.132 e. The summed E-state index contributed by atoms with van der Waals surface area (Å²) in [7, 11) is 0. The molecule has 0 N–H and O–H groups in total. The van der Waals surface area contributed by atoms with Gasteiger partial charge in [0.25, 0.3) is 0 Å². The minimum atomic E-state index is 0.230. The third kappa shape index (κ3) is 3.71. The van der Waals surface area contributed by atoms with E-state index < -0.39 is 0 Å². The largest absolute Gasteiger partial charge is 0.372 e. The number of nitrogens with zero attached hydrogens (tertiary/aromatic N) is 4. The number of benzene rings is 1. The Morgan fingerprint density at radius 2 is 1.85 bits per heavy atom. The standard InChI is InChI=1S/C22H28N4O/c1-2-4-20-17(3-1)10-14-27-21(20)15-25-12-8-19(9-13-25)26(18-5-6-18)22-7-11-23-16-24-22/h1-4,7,11,16,18-19,21H,5-6,8-10,12-15H2. The lowest BCUT2D eigenvalue weighted by Crippen LogP contribution is -2.47. The highest BCUT2D eigenvalue weighted by atomic mass is 16.5. The summed E-state index contributed by atoms with van der Waals surface area (Å²) < 4.78 is 6.13. The minimum absolute atomic E-state index is 0.230. The topological polar surface area (TPSA) is 41.5 Å². The van der Waals surface area contributed by atoms with Crippen LogP contribution >= 0.6 is 0 Å². The number of likely N-dealkylation sites (tertiary alicyclic amines) is 1. The number of piperidine rings is 1. The van der Waals surface area contributed by atoms with Gasteiger partial charge in [-0.05, 0) is 49.3 Å². The maximum atomic E-state index is 6.13. The lowest BCUT2D eigenvalue weighted by Gasteiger charge is -2.40. The van der Waals surface area contributed by atoms with Gasteiger partial charge >= 0.3 is 0 Å². The second-order valence-corrected chi connectivity index (χ2v) is 8.05.